The third-order valence-electron chi connectivity index (χ3n) is 4.27. The Morgan fingerprint density at radius 2 is 1.81 bits per heavy atom. The Hall–Kier alpha value is -3.19. The fourth-order valence-electron chi connectivity index (χ4n) is 3.02. The summed E-state index contributed by atoms with van der Waals surface area (Å²) in [5, 5.41) is 20.0. The number of ketones is 1. The number of nitrogens with zero attached hydrogens (tertiary/aromatic N) is 2. The Kier molecular flexibility index (Phi) is 4.99. The predicted molar refractivity (Wildman–Crippen MR) is 93.3 cm³/mol. The lowest BCUT2D eigenvalue weighted by Gasteiger charge is -2.24. The summed E-state index contributed by atoms with van der Waals surface area (Å²) < 4.78 is 5.09. The van der Waals surface area contributed by atoms with Gasteiger partial charge in [0, 0.05) is 24.5 Å². The Morgan fingerprint density at radius 1 is 1.15 bits per heavy atom. The van der Waals surface area contributed by atoms with Gasteiger partial charge >= 0.3 is 0 Å². The minimum atomic E-state index is -0.785. The lowest BCUT2D eigenvalue weighted by atomic mass is 9.96. The van der Waals surface area contributed by atoms with E-state index in [4.69, 9.17) is 4.74 Å². The van der Waals surface area contributed by atoms with E-state index in [1.54, 1.807) is 48.8 Å². The zero-order valence-electron chi connectivity index (χ0n) is 14.1. The molecule has 0 radical (unpaired) electrons. The van der Waals surface area contributed by atoms with Crippen molar-refractivity contribution < 1.29 is 24.5 Å². The number of aliphatic hydroxyl groups is 2. The SMILES string of the molecule is COc1ccc(C(O)=C2C(=O)C(=O)N(CCO)C2c2ccncc2)cc1. The third kappa shape index (κ3) is 3.04. The van der Waals surface area contributed by atoms with E-state index in [-0.39, 0.29) is 24.5 Å². The van der Waals surface area contributed by atoms with E-state index in [9.17, 15) is 19.8 Å². The Labute approximate surface area is 150 Å². The lowest BCUT2D eigenvalue weighted by Crippen LogP contribution is -2.32. The first-order chi connectivity index (χ1) is 12.6. The smallest absolute Gasteiger partial charge is 0.295 e. The molecule has 0 aliphatic carbocycles. The molecule has 1 aliphatic rings. The van der Waals surface area contributed by atoms with E-state index >= 15 is 0 Å². The zero-order chi connectivity index (χ0) is 18.7. The number of likely N-dealkylation sites (tertiary alicyclic amines) is 1. The van der Waals surface area contributed by atoms with Gasteiger partial charge in [-0.15, -0.1) is 0 Å². The normalized spacial score (nSPS) is 19.0. The molecule has 2 heterocycles. The number of hydrogen-bond acceptors (Lipinski definition) is 6. The molecule has 26 heavy (non-hydrogen) atoms. The van der Waals surface area contributed by atoms with Crippen LogP contribution < -0.4 is 4.74 Å². The highest BCUT2D eigenvalue weighted by atomic mass is 16.5. The molecular weight excluding hydrogens is 336 g/mol. The van der Waals surface area contributed by atoms with Crippen molar-refractivity contribution in [1.29, 1.82) is 0 Å². The van der Waals surface area contributed by atoms with E-state index in [2.05, 4.69) is 4.98 Å². The maximum Gasteiger partial charge on any atom is 0.295 e. The van der Waals surface area contributed by atoms with Gasteiger partial charge in [-0.3, -0.25) is 14.6 Å². The van der Waals surface area contributed by atoms with E-state index in [0.717, 1.165) is 0 Å². The summed E-state index contributed by atoms with van der Waals surface area (Å²) in [6.45, 7) is -0.311. The van der Waals surface area contributed by atoms with Crippen molar-refractivity contribution in [3.8, 4) is 5.75 Å². The second kappa shape index (κ2) is 7.37. The summed E-state index contributed by atoms with van der Waals surface area (Å²) in [5.74, 6) is -1.20. The van der Waals surface area contributed by atoms with Gasteiger partial charge in [0.25, 0.3) is 11.7 Å². The molecule has 2 aromatic rings. The summed E-state index contributed by atoms with van der Waals surface area (Å²) in [6, 6.07) is 9.08. The van der Waals surface area contributed by atoms with Crippen LogP contribution in [-0.2, 0) is 9.59 Å². The van der Waals surface area contributed by atoms with Crippen molar-refractivity contribution in [3.63, 3.8) is 0 Å². The highest BCUT2D eigenvalue weighted by Gasteiger charge is 2.45. The van der Waals surface area contributed by atoms with Crippen molar-refractivity contribution in [2.75, 3.05) is 20.3 Å². The minimum Gasteiger partial charge on any atom is -0.507 e. The largest absolute Gasteiger partial charge is 0.507 e. The van der Waals surface area contributed by atoms with Gasteiger partial charge in [-0.05, 0) is 42.0 Å². The van der Waals surface area contributed by atoms with Crippen molar-refractivity contribution in [2.24, 2.45) is 0 Å². The number of rotatable bonds is 5. The minimum absolute atomic E-state index is 0.0141. The van der Waals surface area contributed by atoms with Crippen LogP contribution in [-0.4, -0.2) is 52.0 Å². The fourth-order valence-corrected chi connectivity index (χ4v) is 3.02. The second-order valence-corrected chi connectivity index (χ2v) is 5.73. The van der Waals surface area contributed by atoms with Gasteiger partial charge in [-0.25, -0.2) is 0 Å². The summed E-state index contributed by atoms with van der Waals surface area (Å²) >= 11 is 0. The molecule has 134 valence electrons. The van der Waals surface area contributed by atoms with Gasteiger partial charge in [0.1, 0.15) is 11.5 Å². The van der Waals surface area contributed by atoms with E-state index < -0.39 is 17.7 Å². The first kappa shape index (κ1) is 17.6. The number of aromatic nitrogens is 1. The van der Waals surface area contributed by atoms with Gasteiger partial charge in [0.15, 0.2) is 0 Å². The Balaban J connectivity index is 2.14. The molecule has 1 atom stereocenters. The van der Waals surface area contributed by atoms with Gasteiger partial charge in [-0.1, -0.05) is 0 Å². The Bertz CT molecular complexity index is 846. The number of ether oxygens (including phenoxy) is 1. The molecule has 1 saturated heterocycles. The van der Waals surface area contributed by atoms with Gasteiger partial charge in [-0.2, -0.15) is 0 Å². The number of hydrogen-bond donors (Lipinski definition) is 2. The molecule has 0 bridgehead atoms. The molecule has 1 aliphatic heterocycles. The molecule has 7 nitrogen and oxygen atoms in total. The average Bonchev–Trinajstić information content (AvgIpc) is 2.93. The summed E-state index contributed by atoms with van der Waals surface area (Å²) in [7, 11) is 1.53. The predicted octanol–water partition coefficient (Wildman–Crippen LogP) is 1.50. The highest BCUT2D eigenvalue weighted by molar-refractivity contribution is 6.46. The van der Waals surface area contributed by atoms with Gasteiger partial charge in [0.05, 0.1) is 25.3 Å². The maximum absolute atomic E-state index is 12.6. The first-order valence-electron chi connectivity index (χ1n) is 8.02. The molecule has 1 aromatic carbocycles. The van der Waals surface area contributed by atoms with Crippen molar-refractivity contribution in [2.45, 2.75) is 6.04 Å². The number of carbonyl (C=O) groups is 2. The maximum atomic E-state index is 12.6. The van der Waals surface area contributed by atoms with Crippen LogP contribution in [0, 0.1) is 0 Å². The second-order valence-electron chi connectivity index (χ2n) is 5.73. The standard InChI is InChI=1S/C19H18N2O5/c1-26-14-4-2-13(3-5-14)17(23)15-16(12-6-8-20-9-7-12)21(10-11-22)19(25)18(15)24/h2-9,16,22-23H,10-11H2,1H3. The lowest BCUT2D eigenvalue weighted by molar-refractivity contribution is -0.140. The molecule has 3 rings (SSSR count). The van der Waals surface area contributed by atoms with Crippen LogP contribution in [0.2, 0.25) is 0 Å². The molecule has 2 N–H and O–H groups in total. The average molecular weight is 354 g/mol. The van der Waals surface area contributed by atoms with Crippen LogP contribution in [0.1, 0.15) is 17.2 Å². The quantitative estimate of drug-likeness (QED) is 0.480. The van der Waals surface area contributed by atoms with Gasteiger partial charge < -0.3 is 19.8 Å². The van der Waals surface area contributed by atoms with E-state index in [0.29, 0.717) is 16.9 Å². The number of carbonyl (C=O) groups excluding carboxylic acids is 2. The van der Waals surface area contributed by atoms with Crippen LogP contribution in [0.15, 0.2) is 54.4 Å². The van der Waals surface area contributed by atoms with Crippen molar-refractivity contribution in [3.05, 3.63) is 65.5 Å². The zero-order valence-corrected chi connectivity index (χ0v) is 14.1. The Morgan fingerprint density at radius 3 is 2.38 bits per heavy atom. The number of amides is 1. The monoisotopic (exact) mass is 354 g/mol. The highest BCUT2D eigenvalue weighted by Crippen LogP contribution is 2.39. The number of aliphatic hydroxyl groups excluding tert-OH is 2. The van der Waals surface area contributed by atoms with E-state index in [1.807, 2.05) is 0 Å². The van der Waals surface area contributed by atoms with Crippen molar-refractivity contribution >= 4 is 17.4 Å². The molecule has 1 fully saturated rings. The molecule has 1 unspecified atom stereocenters. The fraction of sp³-hybridized carbons (Fsp3) is 0.211. The summed E-state index contributed by atoms with van der Waals surface area (Å²) in [4.78, 5) is 30.2. The van der Waals surface area contributed by atoms with Crippen LogP contribution >= 0.6 is 0 Å². The van der Waals surface area contributed by atoms with E-state index in [1.165, 1.54) is 12.0 Å². The number of benzene rings is 1. The molecule has 0 saturated carbocycles. The molecule has 1 amide bonds. The topological polar surface area (TPSA) is 100.0 Å². The van der Waals surface area contributed by atoms with Crippen molar-refractivity contribution in [1.82, 2.24) is 9.88 Å². The molecule has 7 heteroatoms. The molecular formula is C19H18N2O5. The number of Topliss-reactive ketones (excluding diaryl/α,β-unsaturated/α-hetero) is 1. The summed E-state index contributed by atoms with van der Waals surface area (Å²) in [5.41, 5.74) is 1.01. The van der Waals surface area contributed by atoms with Crippen LogP contribution in [0.25, 0.3) is 5.76 Å². The molecule has 0 spiro atoms. The third-order valence-corrected chi connectivity index (χ3v) is 4.27. The number of pyridine rings is 1. The number of methoxy groups -OCH3 is 1. The number of β-amino-alcohol motifs (C(OH)–C–C–N with tert-alkyl or cyclic N) is 1. The van der Waals surface area contributed by atoms with Crippen LogP contribution in [0.4, 0.5) is 0 Å². The summed E-state index contributed by atoms with van der Waals surface area (Å²) in [6.07, 6.45) is 3.09. The van der Waals surface area contributed by atoms with Crippen LogP contribution in [0.3, 0.4) is 0 Å². The molecule has 1 aromatic heterocycles. The first-order valence-corrected chi connectivity index (χ1v) is 8.02. The van der Waals surface area contributed by atoms with Crippen LogP contribution in [0.5, 0.6) is 5.75 Å². The van der Waals surface area contributed by atoms with Gasteiger partial charge in [0.2, 0.25) is 0 Å².